The first-order valence-corrected chi connectivity index (χ1v) is 6.63. The number of ether oxygens (including phenoxy) is 1. The van der Waals surface area contributed by atoms with E-state index in [9.17, 15) is 9.59 Å². The van der Waals surface area contributed by atoms with Gasteiger partial charge in [-0.2, -0.15) is 0 Å². The van der Waals surface area contributed by atoms with Gasteiger partial charge in [-0.05, 0) is 12.1 Å². The van der Waals surface area contributed by atoms with E-state index < -0.39 is 12.0 Å². The number of esters is 1. The lowest BCUT2D eigenvalue weighted by Gasteiger charge is -2.15. The zero-order valence-corrected chi connectivity index (χ0v) is 11.7. The second-order valence-corrected chi connectivity index (χ2v) is 4.99. The van der Waals surface area contributed by atoms with E-state index in [0.717, 1.165) is 4.90 Å². The van der Waals surface area contributed by atoms with Gasteiger partial charge in [0, 0.05) is 17.6 Å². The Labute approximate surface area is 115 Å². The first-order valence-electron chi connectivity index (χ1n) is 5.27. The van der Waals surface area contributed by atoms with Crippen LogP contribution in [0.5, 0.6) is 0 Å². The van der Waals surface area contributed by atoms with Crippen molar-refractivity contribution in [2.45, 2.75) is 17.9 Å². The molecule has 1 atom stereocenters. The minimum atomic E-state index is -0.672. The third-order valence-electron chi connectivity index (χ3n) is 2.11. The number of hydrogen-bond donors (Lipinski definition) is 1. The number of amides is 1. The quantitative estimate of drug-likeness (QED) is 0.666. The fourth-order valence-electron chi connectivity index (χ4n) is 1.29. The second-order valence-electron chi connectivity index (χ2n) is 3.52. The monoisotopic (exact) mass is 287 g/mol. The zero-order valence-electron chi connectivity index (χ0n) is 10.1. The molecule has 6 heteroatoms. The number of carbonyl (C=O) groups is 2. The van der Waals surface area contributed by atoms with Crippen LogP contribution in [0.3, 0.4) is 0 Å². The van der Waals surface area contributed by atoms with Crippen molar-refractivity contribution in [2.24, 2.45) is 0 Å². The SMILES string of the molecule is COC(=O)C(CSc1ccccc1Cl)NC(C)=O. The third-order valence-corrected chi connectivity index (χ3v) is 3.71. The topological polar surface area (TPSA) is 55.4 Å². The van der Waals surface area contributed by atoms with Gasteiger partial charge in [-0.3, -0.25) is 4.79 Å². The lowest BCUT2D eigenvalue weighted by atomic mass is 10.3. The number of hydrogen-bond acceptors (Lipinski definition) is 4. The number of benzene rings is 1. The number of rotatable bonds is 5. The maximum Gasteiger partial charge on any atom is 0.329 e. The normalized spacial score (nSPS) is 11.7. The molecule has 1 amide bonds. The van der Waals surface area contributed by atoms with Crippen LogP contribution in [-0.4, -0.2) is 30.8 Å². The number of methoxy groups -OCH3 is 1. The van der Waals surface area contributed by atoms with Crippen LogP contribution < -0.4 is 5.32 Å². The highest BCUT2D eigenvalue weighted by molar-refractivity contribution is 7.99. The molecule has 0 aromatic heterocycles. The molecule has 18 heavy (non-hydrogen) atoms. The summed E-state index contributed by atoms with van der Waals surface area (Å²) >= 11 is 7.40. The Morgan fingerprint density at radius 3 is 2.67 bits per heavy atom. The number of carbonyl (C=O) groups excluding carboxylic acids is 2. The van der Waals surface area contributed by atoms with E-state index in [1.165, 1.54) is 25.8 Å². The smallest absolute Gasteiger partial charge is 0.329 e. The molecule has 1 aromatic rings. The molecule has 0 bridgehead atoms. The van der Waals surface area contributed by atoms with Crippen LogP contribution in [-0.2, 0) is 14.3 Å². The van der Waals surface area contributed by atoms with Crippen LogP contribution >= 0.6 is 23.4 Å². The van der Waals surface area contributed by atoms with E-state index in [1.54, 1.807) is 6.07 Å². The van der Waals surface area contributed by atoms with Crippen LogP contribution in [0.4, 0.5) is 0 Å². The maximum atomic E-state index is 11.5. The van der Waals surface area contributed by atoms with Crippen LogP contribution in [0.25, 0.3) is 0 Å². The summed E-state index contributed by atoms with van der Waals surface area (Å²) in [5.41, 5.74) is 0. The number of halogens is 1. The Morgan fingerprint density at radius 2 is 2.11 bits per heavy atom. The summed E-state index contributed by atoms with van der Waals surface area (Å²) in [7, 11) is 1.29. The molecule has 0 saturated carbocycles. The zero-order chi connectivity index (χ0) is 13.5. The fourth-order valence-corrected chi connectivity index (χ4v) is 2.54. The third kappa shape index (κ3) is 4.58. The Bertz CT molecular complexity index is 439. The molecule has 98 valence electrons. The molecule has 1 rings (SSSR count). The molecule has 0 saturated heterocycles. The molecule has 0 aliphatic carbocycles. The van der Waals surface area contributed by atoms with Crippen molar-refractivity contribution in [2.75, 3.05) is 12.9 Å². The van der Waals surface area contributed by atoms with Gasteiger partial charge in [0.1, 0.15) is 6.04 Å². The molecule has 4 nitrogen and oxygen atoms in total. The van der Waals surface area contributed by atoms with E-state index in [1.807, 2.05) is 18.2 Å². The number of nitrogens with one attached hydrogen (secondary N) is 1. The Kier molecular flexibility index (Phi) is 6.01. The van der Waals surface area contributed by atoms with Gasteiger partial charge < -0.3 is 10.1 Å². The average Bonchev–Trinajstić information content (AvgIpc) is 2.34. The van der Waals surface area contributed by atoms with Crippen molar-refractivity contribution in [3.8, 4) is 0 Å². The summed E-state index contributed by atoms with van der Waals surface area (Å²) in [5, 5.41) is 3.16. The highest BCUT2D eigenvalue weighted by atomic mass is 35.5. The highest BCUT2D eigenvalue weighted by Crippen LogP contribution is 2.27. The summed E-state index contributed by atoms with van der Waals surface area (Å²) < 4.78 is 4.63. The maximum absolute atomic E-state index is 11.5. The Balaban J connectivity index is 2.64. The van der Waals surface area contributed by atoms with Crippen LogP contribution in [0.2, 0.25) is 5.02 Å². The molecule has 0 radical (unpaired) electrons. The van der Waals surface area contributed by atoms with Crippen molar-refractivity contribution in [1.82, 2.24) is 5.32 Å². The van der Waals surface area contributed by atoms with Crippen LogP contribution in [0, 0.1) is 0 Å². The van der Waals surface area contributed by atoms with Gasteiger partial charge in [-0.25, -0.2) is 4.79 Å². The molecular weight excluding hydrogens is 274 g/mol. The van der Waals surface area contributed by atoms with E-state index in [0.29, 0.717) is 10.8 Å². The first kappa shape index (κ1) is 14.9. The predicted octanol–water partition coefficient (Wildman–Crippen LogP) is 2.11. The van der Waals surface area contributed by atoms with E-state index >= 15 is 0 Å². The molecule has 0 fully saturated rings. The standard InChI is InChI=1S/C12H14ClNO3S/c1-8(15)14-10(12(16)17-2)7-18-11-6-4-3-5-9(11)13/h3-6,10H,7H2,1-2H3,(H,14,15). The largest absolute Gasteiger partial charge is 0.467 e. The van der Waals surface area contributed by atoms with E-state index in [-0.39, 0.29) is 5.91 Å². The summed E-state index contributed by atoms with van der Waals surface area (Å²) in [5.74, 6) is -0.370. The van der Waals surface area contributed by atoms with Crippen LogP contribution in [0.15, 0.2) is 29.2 Å². The van der Waals surface area contributed by atoms with Gasteiger partial charge in [0.15, 0.2) is 0 Å². The van der Waals surface area contributed by atoms with E-state index in [4.69, 9.17) is 11.6 Å². The number of thioether (sulfide) groups is 1. The fraction of sp³-hybridized carbons (Fsp3) is 0.333. The van der Waals surface area contributed by atoms with Gasteiger partial charge in [0.2, 0.25) is 5.91 Å². The minimum absolute atomic E-state index is 0.273. The lowest BCUT2D eigenvalue weighted by Crippen LogP contribution is -2.42. The van der Waals surface area contributed by atoms with Gasteiger partial charge >= 0.3 is 5.97 Å². The Hall–Kier alpha value is -1.20. The molecule has 0 spiro atoms. The molecular formula is C12H14ClNO3S. The second kappa shape index (κ2) is 7.28. The minimum Gasteiger partial charge on any atom is -0.467 e. The molecule has 1 N–H and O–H groups in total. The summed E-state index contributed by atoms with van der Waals surface area (Å²) in [4.78, 5) is 23.3. The molecule has 0 aliphatic heterocycles. The van der Waals surface area contributed by atoms with Gasteiger partial charge in [-0.1, -0.05) is 23.7 Å². The van der Waals surface area contributed by atoms with Gasteiger partial charge in [0.25, 0.3) is 0 Å². The average molecular weight is 288 g/mol. The van der Waals surface area contributed by atoms with Crippen molar-refractivity contribution in [3.05, 3.63) is 29.3 Å². The van der Waals surface area contributed by atoms with Crippen molar-refractivity contribution < 1.29 is 14.3 Å². The van der Waals surface area contributed by atoms with Gasteiger partial charge in [-0.15, -0.1) is 11.8 Å². The summed E-state index contributed by atoms with van der Waals surface area (Å²) in [6.45, 7) is 1.36. The molecule has 1 aromatic carbocycles. The highest BCUT2D eigenvalue weighted by Gasteiger charge is 2.20. The van der Waals surface area contributed by atoms with Crippen molar-refractivity contribution >= 4 is 35.2 Å². The predicted molar refractivity (Wildman–Crippen MR) is 71.8 cm³/mol. The molecule has 0 aliphatic rings. The van der Waals surface area contributed by atoms with Crippen LogP contribution in [0.1, 0.15) is 6.92 Å². The summed E-state index contributed by atoms with van der Waals surface area (Å²) in [6.07, 6.45) is 0. The summed E-state index contributed by atoms with van der Waals surface area (Å²) in [6, 6.07) is 6.65. The van der Waals surface area contributed by atoms with Crippen molar-refractivity contribution in [1.29, 1.82) is 0 Å². The first-order chi connectivity index (χ1) is 8.54. The lowest BCUT2D eigenvalue weighted by molar-refractivity contribution is -0.144. The Morgan fingerprint density at radius 1 is 1.44 bits per heavy atom. The van der Waals surface area contributed by atoms with Gasteiger partial charge in [0.05, 0.1) is 12.1 Å². The van der Waals surface area contributed by atoms with Crippen molar-refractivity contribution in [3.63, 3.8) is 0 Å². The van der Waals surface area contributed by atoms with E-state index in [2.05, 4.69) is 10.1 Å². The molecule has 1 unspecified atom stereocenters. The molecule has 0 heterocycles.